The van der Waals surface area contributed by atoms with Crippen molar-refractivity contribution in [3.63, 3.8) is 0 Å². The minimum Gasteiger partial charge on any atom is -0.477 e. The SMILES string of the molecule is CCCCc1c(C(=O)O)n(-c2ccccc2)c(=O)n1Cc1ccc(-c2ccccc2-c2nnn[nH]2)cc1. The number of aromatic nitrogens is 6. The molecule has 2 aromatic heterocycles. The van der Waals surface area contributed by atoms with E-state index in [4.69, 9.17) is 0 Å². The number of carbonyl (C=O) groups is 1. The number of nitrogens with one attached hydrogen (secondary N) is 1. The molecule has 0 fully saturated rings. The van der Waals surface area contributed by atoms with Crippen molar-refractivity contribution in [3.05, 3.63) is 106 Å². The summed E-state index contributed by atoms with van der Waals surface area (Å²) in [5.74, 6) is -0.532. The molecule has 0 radical (unpaired) electrons. The maximum absolute atomic E-state index is 13.6. The number of rotatable bonds is 9. The Hall–Kier alpha value is -4.79. The van der Waals surface area contributed by atoms with Gasteiger partial charge in [-0.05, 0) is 52.1 Å². The number of aromatic amines is 1. The molecule has 5 aromatic rings. The van der Waals surface area contributed by atoms with Crippen molar-refractivity contribution in [3.8, 4) is 28.2 Å². The topological polar surface area (TPSA) is 119 Å². The molecule has 9 nitrogen and oxygen atoms in total. The van der Waals surface area contributed by atoms with Crippen LogP contribution in [0.25, 0.3) is 28.2 Å². The lowest BCUT2D eigenvalue weighted by Crippen LogP contribution is -2.25. The van der Waals surface area contributed by atoms with Crippen LogP contribution in [-0.2, 0) is 13.0 Å². The molecule has 0 spiro atoms. The van der Waals surface area contributed by atoms with Gasteiger partial charge in [0.15, 0.2) is 11.5 Å². The predicted octanol–water partition coefficient (Wildman–Crippen LogP) is 4.58. The number of para-hydroxylation sites is 1. The number of aromatic carboxylic acids is 1. The highest BCUT2D eigenvalue weighted by Gasteiger charge is 2.25. The first-order chi connectivity index (χ1) is 18.1. The minimum atomic E-state index is -1.11. The third-order valence-corrected chi connectivity index (χ3v) is 6.36. The van der Waals surface area contributed by atoms with Gasteiger partial charge in [0, 0.05) is 5.56 Å². The standard InChI is InChI=1S/C28H26N6O3/c1-2-3-13-24-25(27(35)36)34(21-9-5-4-6-10-21)28(37)33(24)18-19-14-16-20(17-15-19)22-11-7-8-12-23(22)26-29-31-32-30-26/h4-12,14-17H,2-3,13,18H2,1H3,(H,35,36)(H,29,30,31,32). The number of hydrogen-bond donors (Lipinski definition) is 2. The summed E-state index contributed by atoms with van der Waals surface area (Å²) in [4.78, 5) is 25.9. The fraction of sp³-hybridized carbons (Fsp3) is 0.179. The quantitative estimate of drug-likeness (QED) is 0.310. The summed E-state index contributed by atoms with van der Waals surface area (Å²) >= 11 is 0. The summed E-state index contributed by atoms with van der Waals surface area (Å²) in [5, 5.41) is 24.3. The molecule has 2 heterocycles. The van der Waals surface area contributed by atoms with Crippen LogP contribution in [0.1, 0.15) is 41.5 Å². The lowest BCUT2D eigenvalue weighted by molar-refractivity contribution is 0.0686. The Balaban J connectivity index is 1.54. The van der Waals surface area contributed by atoms with Crippen LogP contribution < -0.4 is 5.69 Å². The zero-order valence-corrected chi connectivity index (χ0v) is 20.3. The lowest BCUT2D eigenvalue weighted by Gasteiger charge is -2.10. The van der Waals surface area contributed by atoms with Crippen molar-refractivity contribution in [1.82, 2.24) is 29.8 Å². The summed E-state index contributed by atoms with van der Waals surface area (Å²) < 4.78 is 2.90. The molecule has 0 unspecified atom stereocenters. The lowest BCUT2D eigenvalue weighted by atomic mass is 9.98. The third kappa shape index (κ3) is 4.71. The molecule has 0 bridgehead atoms. The van der Waals surface area contributed by atoms with Crippen molar-refractivity contribution in [1.29, 1.82) is 0 Å². The normalized spacial score (nSPS) is 11.1. The summed E-state index contributed by atoms with van der Waals surface area (Å²) in [7, 11) is 0. The summed E-state index contributed by atoms with van der Waals surface area (Å²) in [6.07, 6.45) is 2.17. The Kier molecular flexibility index (Phi) is 6.76. The highest BCUT2D eigenvalue weighted by molar-refractivity contribution is 5.88. The van der Waals surface area contributed by atoms with Crippen LogP contribution in [0, 0.1) is 0 Å². The van der Waals surface area contributed by atoms with Gasteiger partial charge in [-0.2, -0.15) is 0 Å². The van der Waals surface area contributed by atoms with Crippen LogP contribution in [0.15, 0.2) is 83.7 Å². The average Bonchev–Trinajstić information content (AvgIpc) is 3.56. The second kappa shape index (κ2) is 10.4. The summed E-state index contributed by atoms with van der Waals surface area (Å²) in [6.45, 7) is 2.31. The number of nitrogens with zero attached hydrogens (tertiary/aromatic N) is 5. The Labute approximate surface area is 213 Å². The molecular weight excluding hydrogens is 468 g/mol. The average molecular weight is 495 g/mol. The van der Waals surface area contributed by atoms with Crippen LogP contribution >= 0.6 is 0 Å². The van der Waals surface area contributed by atoms with E-state index < -0.39 is 5.97 Å². The van der Waals surface area contributed by atoms with E-state index in [0.29, 0.717) is 23.6 Å². The van der Waals surface area contributed by atoms with E-state index in [0.717, 1.165) is 35.1 Å². The van der Waals surface area contributed by atoms with Gasteiger partial charge < -0.3 is 5.11 Å². The fourth-order valence-corrected chi connectivity index (χ4v) is 4.57. The van der Waals surface area contributed by atoms with Gasteiger partial charge in [-0.25, -0.2) is 14.7 Å². The van der Waals surface area contributed by atoms with E-state index in [-0.39, 0.29) is 17.9 Å². The molecule has 9 heteroatoms. The molecule has 0 atom stereocenters. The van der Waals surface area contributed by atoms with Gasteiger partial charge in [-0.15, -0.1) is 5.10 Å². The fourth-order valence-electron chi connectivity index (χ4n) is 4.57. The third-order valence-electron chi connectivity index (χ3n) is 6.36. The molecule has 5 rings (SSSR count). The summed E-state index contributed by atoms with van der Waals surface area (Å²) in [6, 6.07) is 24.6. The molecule has 0 amide bonds. The van der Waals surface area contributed by atoms with Crippen molar-refractivity contribution in [2.45, 2.75) is 32.7 Å². The van der Waals surface area contributed by atoms with Crippen LogP contribution in [-0.4, -0.2) is 40.8 Å². The predicted molar refractivity (Wildman–Crippen MR) is 140 cm³/mol. The zero-order chi connectivity index (χ0) is 25.8. The minimum absolute atomic E-state index is 0.0239. The Bertz CT molecular complexity index is 1570. The molecule has 0 saturated heterocycles. The number of carboxylic acid groups (broad SMARTS) is 1. The van der Waals surface area contributed by atoms with E-state index in [1.807, 2.05) is 61.5 Å². The van der Waals surface area contributed by atoms with E-state index in [9.17, 15) is 14.7 Å². The number of hydrogen-bond acceptors (Lipinski definition) is 5. The second-order valence-electron chi connectivity index (χ2n) is 8.74. The van der Waals surface area contributed by atoms with Gasteiger partial charge in [0.1, 0.15) is 0 Å². The van der Waals surface area contributed by atoms with Gasteiger partial charge in [0.25, 0.3) is 0 Å². The first kappa shape index (κ1) is 23.9. The molecule has 37 heavy (non-hydrogen) atoms. The number of benzene rings is 3. The molecular formula is C28H26N6O3. The van der Waals surface area contributed by atoms with E-state index >= 15 is 0 Å². The first-order valence-electron chi connectivity index (χ1n) is 12.1. The van der Waals surface area contributed by atoms with Gasteiger partial charge in [0.2, 0.25) is 0 Å². The number of carboxylic acids is 1. The number of imidazole rings is 1. The molecule has 186 valence electrons. The van der Waals surface area contributed by atoms with Gasteiger partial charge in [-0.3, -0.25) is 9.13 Å². The maximum Gasteiger partial charge on any atom is 0.354 e. The maximum atomic E-state index is 13.6. The van der Waals surface area contributed by atoms with Crippen LogP contribution in [0.2, 0.25) is 0 Å². The first-order valence-corrected chi connectivity index (χ1v) is 12.1. The number of tetrazole rings is 1. The van der Waals surface area contributed by atoms with Gasteiger partial charge in [-0.1, -0.05) is 80.1 Å². The van der Waals surface area contributed by atoms with Crippen LogP contribution in [0.3, 0.4) is 0 Å². The smallest absolute Gasteiger partial charge is 0.354 e. The second-order valence-corrected chi connectivity index (χ2v) is 8.74. The molecule has 0 aliphatic rings. The zero-order valence-electron chi connectivity index (χ0n) is 20.3. The Morgan fingerprint density at radius 1 is 0.946 bits per heavy atom. The van der Waals surface area contributed by atoms with Crippen molar-refractivity contribution in [2.24, 2.45) is 0 Å². The van der Waals surface area contributed by atoms with Crippen LogP contribution in [0.5, 0.6) is 0 Å². The van der Waals surface area contributed by atoms with Gasteiger partial charge in [0.05, 0.1) is 17.9 Å². The Morgan fingerprint density at radius 2 is 1.65 bits per heavy atom. The largest absolute Gasteiger partial charge is 0.477 e. The van der Waals surface area contributed by atoms with Crippen molar-refractivity contribution in [2.75, 3.05) is 0 Å². The van der Waals surface area contributed by atoms with E-state index in [2.05, 4.69) is 20.6 Å². The van der Waals surface area contributed by atoms with Crippen LogP contribution in [0.4, 0.5) is 0 Å². The van der Waals surface area contributed by atoms with Crippen molar-refractivity contribution >= 4 is 5.97 Å². The molecule has 0 saturated carbocycles. The molecule has 0 aliphatic carbocycles. The highest BCUT2D eigenvalue weighted by Crippen LogP contribution is 2.30. The van der Waals surface area contributed by atoms with Crippen molar-refractivity contribution < 1.29 is 9.90 Å². The van der Waals surface area contributed by atoms with E-state index in [1.165, 1.54) is 4.57 Å². The molecule has 3 aromatic carbocycles. The Morgan fingerprint density at radius 3 is 2.30 bits per heavy atom. The number of H-pyrrole nitrogens is 1. The molecule has 2 N–H and O–H groups in total. The van der Waals surface area contributed by atoms with Gasteiger partial charge >= 0.3 is 11.7 Å². The monoisotopic (exact) mass is 494 g/mol. The summed E-state index contributed by atoms with van der Waals surface area (Å²) in [5.41, 5.74) is 4.46. The highest BCUT2D eigenvalue weighted by atomic mass is 16.4. The number of unbranched alkanes of at least 4 members (excludes halogenated alkanes) is 1. The molecule has 0 aliphatic heterocycles. The van der Waals surface area contributed by atoms with E-state index in [1.54, 1.807) is 28.8 Å².